The molecule has 0 saturated carbocycles. The molecule has 0 radical (unpaired) electrons. The fraction of sp³-hybridized carbons (Fsp3) is 0.0769. The first-order valence-electron chi connectivity index (χ1n) is 5.78. The molecule has 0 aromatic heterocycles. The van der Waals surface area contributed by atoms with E-state index in [-0.39, 0.29) is 28.8 Å². The van der Waals surface area contributed by atoms with E-state index < -0.39 is 9.85 Å². The average Bonchev–Trinajstić information content (AvgIpc) is 2.46. The molecule has 0 heterocycles. The molecule has 0 N–H and O–H groups in total. The zero-order valence-electron chi connectivity index (χ0n) is 10.6. The van der Waals surface area contributed by atoms with Crippen molar-refractivity contribution in [2.75, 3.05) is 0 Å². The van der Waals surface area contributed by atoms with Crippen LogP contribution in [0.4, 0.5) is 11.4 Å². The number of para-hydroxylation sites is 1. The number of benzene rings is 2. The van der Waals surface area contributed by atoms with Crippen LogP contribution in [0.2, 0.25) is 5.02 Å². The second-order valence-electron chi connectivity index (χ2n) is 4.05. The molecule has 0 fully saturated rings. The molecule has 2 aromatic rings. The summed E-state index contributed by atoms with van der Waals surface area (Å²) < 4.78 is 5.36. The summed E-state index contributed by atoms with van der Waals surface area (Å²) in [4.78, 5) is 20.5. The van der Waals surface area contributed by atoms with Crippen molar-refractivity contribution < 1.29 is 14.6 Å². The summed E-state index contributed by atoms with van der Waals surface area (Å²) in [5.41, 5.74) is 0.0982. The van der Waals surface area contributed by atoms with E-state index in [4.69, 9.17) is 16.3 Å². The van der Waals surface area contributed by atoms with Crippen LogP contribution >= 0.6 is 11.6 Å². The summed E-state index contributed by atoms with van der Waals surface area (Å²) in [5, 5.41) is 21.8. The maximum absolute atomic E-state index is 10.9. The highest BCUT2D eigenvalue weighted by molar-refractivity contribution is 6.32. The number of ether oxygens (including phenoxy) is 1. The Balaban J connectivity index is 2.22. The van der Waals surface area contributed by atoms with Crippen LogP contribution in [0.25, 0.3) is 0 Å². The van der Waals surface area contributed by atoms with Crippen LogP contribution in [-0.4, -0.2) is 9.85 Å². The number of nitrogens with zero attached hydrogens (tertiary/aromatic N) is 2. The van der Waals surface area contributed by atoms with Gasteiger partial charge in [-0.2, -0.15) is 0 Å². The van der Waals surface area contributed by atoms with Crippen LogP contribution in [0, 0.1) is 20.2 Å². The Labute approximate surface area is 124 Å². The maximum atomic E-state index is 10.9. The van der Waals surface area contributed by atoms with Crippen LogP contribution in [0.15, 0.2) is 42.5 Å². The third kappa shape index (κ3) is 3.46. The molecule has 0 unspecified atom stereocenters. The van der Waals surface area contributed by atoms with Crippen LogP contribution in [0.1, 0.15) is 5.56 Å². The Kier molecular flexibility index (Phi) is 4.34. The lowest BCUT2D eigenvalue weighted by molar-refractivity contribution is -0.385. The first-order valence-corrected chi connectivity index (χ1v) is 6.16. The van der Waals surface area contributed by atoms with E-state index in [1.54, 1.807) is 18.2 Å². The molecule has 0 saturated heterocycles. The third-order valence-electron chi connectivity index (χ3n) is 2.70. The predicted octanol–water partition coefficient (Wildman–Crippen LogP) is 3.74. The molecule has 2 rings (SSSR count). The lowest BCUT2D eigenvalue weighted by atomic mass is 10.2. The molecule has 0 atom stereocenters. The summed E-state index contributed by atoms with van der Waals surface area (Å²) in [6.45, 7) is -0.113. The fourth-order valence-corrected chi connectivity index (χ4v) is 1.85. The first-order chi connectivity index (χ1) is 9.99. The monoisotopic (exact) mass is 308 g/mol. The van der Waals surface area contributed by atoms with E-state index in [0.717, 1.165) is 0 Å². The van der Waals surface area contributed by atoms with E-state index >= 15 is 0 Å². The summed E-state index contributed by atoms with van der Waals surface area (Å²) in [6, 6.07) is 9.85. The number of nitro benzene ring substituents is 2. The number of halogens is 1. The molecule has 108 valence electrons. The number of rotatable bonds is 5. The molecule has 2 aromatic carbocycles. The predicted molar refractivity (Wildman–Crippen MR) is 75.5 cm³/mol. The van der Waals surface area contributed by atoms with Gasteiger partial charge < -0.3 is 4.74 Å². The second-order valence-corrected chi connectivity index (χ2v) is 4.45. The fourth-order valence-electron chi connectivity index (χ4n) is 1.68. The van der Waals surface area contributed by atoms with Crippen LogP contribution in [0.3, 0.4) is 0 Å². The van der Waals surface area contributed by atoms with Gasteiger partial charge in [0.25, 0.3) is 11.4 Å². The lowest BCUT2D eigenvalue weighted by Gasteiger charge is -2.08. The normalized spacial score (nSPS) is 10.1. The van der Waals surface area contributed by atoms with Crippen molar-refractivity contribution in [3.8, 4) is 5.75 Å². The Morgan fingerprint density at radius 1 is 1.05 bits per heavy atom. The van der Waals surface area contributed by atoms with E-state index in [0.29, 0.717) is 5.56 Å². The van der Waals surface area contributed by atoms with Crippen LogP contribution in [0.5, 0.6) is 5.75 Å². The molecule has 7 nitrogen and oxygen atoms in total. The van der Waals surface area contributed by atoms with Gasteiger partial charge in [0.2, 0.25) is 0 Å². The lowest BCUT2D eigenvalue weighted by Crippen LogP contribution is -2.01. The van der Waals surface area contributed by atoms with Crippen molar-refractivity contribution in [2.45, 2.75) is 6.61 Å². The Morgan fingerprint density at radius 2 is 1.76 bits per heavy atom. The number of hydrogen-bond acceptors (Lipinski definition) is 5. The zero-order chi connectivity index (χ0) is 15.4. The summed E-state index contributed by atoms with van der Waals surface area (Å²) in [7, 11) is 0. The summed E-state index contributed by atoms with van der Waals surface area (Å²) in [5.74, 6) is 0.101. The summed E-state index contributed by atoms with van der Waals surface area (Å²) in [6.07, 6.45) is 0. The van der Waals surface area contributed by atoms with Crippen LogP contribution in [-0.2, 0) is 6.61 Å². The Hall–Kier alpha value is -2.67. The topological polar surface area (TPSA) is 95.5 Å². The van der Waals surface area contributed by atoms with E-state index in [1.807, 2.05) is 0 Å². The van der Waals surface area contributed by atoms with E-state index in [9.17, 15) is 20.2 Å². The van der Waals surface area contributed by atoms with Crippen molar-refractivity contribution in [2.24, 2.45) is 0 Å². The summed E-state index contributed by atoms with van der Waals surface area (Å²) >= 11 is 5.89. The van der Waals surface area contributed by atoms with Gasteiger partial charge in [-0.1, -0.05) is 23.7 Å². The molecule has 8 heteroatoms. The molecule has 0 amide bonds. The highest BCUT2D eigenvalue weighted by atomic mass is 35.5. The molecule has 0 aliphatic rings. The number of non-ortho nitro benzene ring substituents is 1. The minimum Gasteiger partial charge on any atom is -0.487 e. The smallest absolute Gasteiger partial charge is 0.276 e. The SMILES string of the molecule is O=[N+]([O-])c1ccc(Cl)c(OCc2ccccc2[N+](=O)[O-])c1. The minimum atomic E-state index is -0.575. The molecule has 0 aliphatic carbocycles. The van der Waals surface area contributed by atoms with E-state index in [1.165, 1.54) is 24.3 Å². The average molecular weight is 309 g/mol. The highest BCUT2D eigenvalue weighted by Gasteiger charge is 2.15. The molecule has 0 spiro atoms. The van der Waals surface area contributed by atoms with Crippen molar-refractivity contribution in [3.05, 3.63) is 73.3 Å². The minimum absolute atomic E-state index is 0.0842. The van der Waals surface area contributed by atoms with Crippen molar-refractivity contribution in [1.82, 2.24) is 0 Å². The van der Waals surface area contributed by atoms with Gasteiger partial charge in [0.1, 0.15) is 12.4 Å². The number of hydrogen-bond donors (Lipinski definition) is 0. The molecular formula is C13H9ClN2O5. The first kappa shape index (κ1) is 14.7. The van der Waals surface area contributed by atoms with Gasteiger partial charge in [-0.05, 0) is 12.1 Å². The molecule has 21 heavy (non-hydrogen) atoms. The van der Waals surface area contributed by atoms with Gasteiger partial charge in [0.05, 0.1) is 26.5 Å². The molecule has 0 bridgehead atoms. The zero-order valence-corrected chi connectivity index (χ0v) is 11.3. The Bertz CT molecular complexity index is 705. The third-order valence-corrected chi connectivity index (χ3v) is 3.01. The molecule has 0 aliphatic heterocycles. The van der Waals surface area contributed by atoms with Crippen LogP contribution < -0.4 is 4.74 Å². The quantitative estimate of drug-likeness (QED) is 0.619. The highest BCUT2D eigenvalue weighted by Crippen LogP contribution is 2.30. The largest absolute Gasteiger partial charge is 0.487 e. The number of nitro groups is 2. The van der Waals surface area contributed by atoms with Crippen molar-refractivity contribution in [3.63, 3.8) is 0 Å². The molecular weight excluding hydrogens is 300 g/mol. The van der Waals surface area contributed by atoms with Gasteiger partial charge in [0.15, 0.2) is 0 Å². The Morgan fingerprint density at radius 3 is 2.43 bits per heavy atom. The maximum Gasteiger partial charge on any atom is 0.276 e. The van der Waals surface area contributed by atoms with Gasteiger partial charge in [-0.25, -0.2) is 0 Å². The van der Waals surface area contributed by atoms with Gasteiger partial charge in [-0.3, -0.25) is 20.2 Å². The van der Waals surface area contributed by atoms with Crippen molar-refractivity contribution >= 4 is 23.0 Å². The van der Waals surface area contributed by atoms with Gasteiger partial charge in [0, 0.05) is 12.1 Å². The van der Waals surface area contributed by atoms with E-state index in [2.05, 4.69) is 0 Å². The van der Waals surface area contributed by atoms with Gasteiger partial charge >= 0.3 is 0 Å². The second kappa shape index (κ2) is 6.19. The van der Waals surface area contributed by atoms with Crippen molar-refractivity contribution in [1.29, 1.82) is 0 Å². The standard InChI is InChI=1S/C13H9ClN2O5/c14-11-6-5-10(15(17)18)7-13(11)21-8-9-3-1-2-4-12(9)16(19)20/h1-7H,8H2. The van der Waals surface area contributed by atoms with Gasteiger partial charge in [-0.15, -0.1) is 0 Å².